The molecule has 0 spiro atoms. The fraction of sp³-hybridized carbons (Fsp3) is 0.154. The van der Waals surface area contributed by atoms with Gasteiger partial charge in [0.15, 0.2) is 0 Å². The molecule has 2 aromatic rings. The molecule has 0 amide bonds. The largest absolute Gasteiger partial charge is 0.384 e. The normalized spacial score (nSPS) is 12.1. The molecular formula is C13H14ClN3. The van der Waals surface area contributed by atoms with Gasteiger partial charge in [0.2, 0.25) is 0 Å². The standard InChI is InChI=1S/C13H14ClN3/c1-9(10-5-2-3-6-11(10)14)16-13-8-4-7-12(15)17-13/h2-9H,1H3,(H3,15,16,17). The maximum absolute atomic E-state index is 6.13. The summed E-state index contributed by atoms with van der Waals surface area (Å²) in [5.74, 6) is 1.25. The van der Waals surface area contributed by atoms with Crippen LogP contribution in [0.1, 0.15) is 18.5 Å². The van der Waals surface area contributed by atoms with E-state index in [0.717, 1.165) is 16.4 Å². The molecule has 0 aliphatic heterocycles. The summed E-state index contributed by atoms with van der Waals surface area (Å²) in [5.41, 5.74) is 6.67. The summed E-state index contributed by atoms with van der Waals surface area (Å²) < 4.78 is 0. The predicted molar refractivity (Wildman–Crippen MR) is 72.1 cm³/mol. The zero-order valence-electron chi connectivity index (χ0n) is 9.52. The molecule has 1 aromatic heterocycles. The highest BCUT2D eigenvalue weighted by atomic mass is 35.5. The number of aromatic nitrogens is 1. The van der Waals surface area contributed by atoms with Crippen molar-refractivity contribution >= 4 is 23.2 Å². The van der Waals surface area contributed by atoms with Gasteiger partial charge < -0.3 is 11.1 Å². The van der Waals surface area contributed by atoms with E-state index >= 15 is 0 Å². The monoisotopic (exact) mass is 247 g/mol. The Morgan fingerprint density at radius 2 is 1.94 bits per heavy atom. The number of halogens is 1. The lowest BCUT2D eigenvalue weighted by Gasteiger charge is -2.16. The van der Waals surface area contributed by atoms with Crippen LogP contribution in [0.25, 0.3) is 0 Å². The molecule has 3 nitrogen and oxygen atoms in total. The van der Waals surface area contributed by atoms with Crippen molar-refractivity contribution in [1.82, 2.24) is 4.98 Å². The minimum absolute atomic E-state index is 0.0815. The Hall–Kier alpha value is -1.74. The molecule has 88 valence electrons. The summed E-state index contributed by atoms with van der Waals surface area (Å²) in [5, 5.41) is 4.01. The third kappa shape index (κ3) is 2.88. The van der Waals surface area contributed by atoms with Gasteiger partial charge in [-0.3, -0.25) is 0 Å². The molecular weight excluding hydrogens is 234 g/mol. The molecule has 1 heterocycles. The second-order valence-electron chi connectivity index (χ2n) is 3.84. The zero-order valence-corrected chi connectivity index (χ0v) is 10.3. The fourth-order valence-corrected chi connectivity index (χ4v) is 1.96. The predicted octanol–water partition coefficient (Wildman–Crippen LogP) is 3.49. The number of rotatable bonds is 3. The summed E-state index contributed by atoms with van der Waals surface area (Å²) in [6, 6.07) is 13.3. The lowest BCUT2D eigenvalue weighted by atomic mass is 10.1. The highest BCUT2D eigenvalue weighted by Crippen LogP contribution is 2.25. The fourth-order valence-electron chi connectivity index (χ4n) is 1.66. The van der Waals surface area contributed by atoms with Gasteiger partial charge in [-0.25, -0.2) is 4.98 Å². The number of anilines is 2. The Labute approximate surface area is 106 Å². The van der Waals surface area contributed by atoms with E-state index in [2.05, 4.69) is 10.3 Å². The second-order valence-corrected chi connectivity index (χ2v) is 4.24. The summed E-state index contributed by atoms with van der Waals surface area (Å²) in [6.07, 6.45) is 0. The van der Waals surface area contributed by atoms with Crippen molar-refractivity contribution in [2.24, 2.45) is 0 Å². The smallest absolute Gasteiger partial charge is 0.128 e. The summed E-state index contributed by atoms with van der Waals surface area (Å²) in [7, 11) is 0. The molecule has 4 heteroatoms. The molecule has 17 heavy (non-hydrogen) atoms. The number of hydrogen-bond donors (Lipinski definition) is 2. The van der Waals surface area contributed by atoms with Gasteiger partial charge in [-0.05, 0) is 30.7 Å². The van der Waals surface area contributed by atoms with Crippen LogP contribution in [0.3, 0.4) is 0 Å². The van der Waals surface area contributed by atoms with Crippen LogP contribution in [0, 0.1) is 0 Å². The van der Waals surface area contributed by atoms with Crippen molar-refractivity contribution in [2.75, 3.05) is 11.1 Å². The molecule has 0 aliphatic rings. The van der Waals surface area contributed by atoms with Crippen molar-refractivity contribution in [3.05, 3.63) is 53.1 Å². The van der Waals surface area contributed by atoms with E-state index in [1.54, 1.807) is 6.07 Å². The van der Waals surface area contributed by atoms with Crippen LogP contribution >= 0.6 is 11.6 Å². The highest BCUT2D eigenvalue weighted by Gasteiger charge is 2.09. The molecule has 0 saturated heterocycles. The van der Waals surface area contributed by atoms with Gasteiger partial charge in [0.05, 0.1) is 6.04 Å². The van der Waals surface area contributed by atoms with E-state index in [0.29, 0.717) is 5.82 Å². The Bertz CT molecular complexity index is 514. The number of nitrogens with zero attached hydrogens (tertiary/aromatic N) is 1. The Kier molecular flexibility index (Phi) is 3.49. The second kappa shape index (κ2) is 5.06. The Morgan fingerprint density at radius 1 is 1.18 bits per heavy atom. The first kappa shape index (κ1) is 11.7. The number of nitrogens with one attached hydrogen (secondary N) is 1. The number of benzene rings is 1. The van der Waals surface area contributed by atoms with Crippen molar-refractivity contribution in [2.45, 2.75) is 13.0 Å². The summed E-state index contributed by atoms with van der Waals surface area (Å²) in [6.45, 7) is 2.03. The van der Waals surface area contributed by atoms with Crippen LogP contribution in [-0.4, -0.2) is 4.98 Å². The minimum atomic E-state index is 0.0815. The average molecular weight is 248 g/mol. The zero-order chi connectivity index (χ0) is 12.3. The first-order valence-corrected chi connectivity index (χ1v) is 5.78. The molecule has 1 aromatic carbocycles. The number of hydrogen-bond acceptors (Lipinski definition) is 3. The summed E-state index contributed by atoms with van der Waals surface area (Å²) in [4.78, 5) is 4.19. The van der Waals surface area contributed by atoms with E-state index in [1.165, 1.54) is 0 Å². The molecule has 0 fully saturated rings. The van der Waals surface area contributed by atoms with Gasteiger partial charge in [-0.1, -0.05) is 35.9 Å². The summed E-state index contributed by atoms with van der Waals surface area (Å²) >= 11 is 6.13. The molecule has 3 N–H and O–H groups in total. The van der Waals surface area contributed by atoms with E-state index in [-0.39, 0.29) is 6.04 Å². The first-order valence-electron chi connectivity index (χ1n) is 5.40. The van der Waals surface area contributed by atoms with Crippen LogP contribution in [0.5, 0.6) is 0 Å². The van der Waals surface area contributed by atoms with Gasteiger partial charge in [0.1, 0.15) is 11.6 Å². The van der Waals surface area contributed by atoms with Gasteiger partial charge in [0.25, 0.3) is 0 Å². The first-order chi connectivity index (χ1) is 8.16. The topological polar surface area (TPSA) is 50.9 Å². The van der Waals surface area contributed by atoms with E-state index < -0.39 is 0 Å². The van der Waals surface area contributed by atoms with Crippen LogP contribution in [0.15, 0.2) is 42.5 Å². The van der Waals surface area contributed by atoms with Crippen molar-refractivity contribution < 1.29 is 0 Å². The lowest BCUT2D eigenvalue weighted by Crippen LogP contribution is -2.08. The molecule has 1 atom stereocenters. The van der Waals surface area contributed by atoms with E-state index in [9.17, 15) is 0 Å². The third-order valence-corrected chi connectivity index (χ3v) is 2.85. The SMILES string of the molecule is CC(Nc1cccc(N)n1)c1ccccc1Cl. The number of pyridine rings is 1. The van der Waals surface area contributed by atoms with Gasteiger partial charge >= 0.3 is 0 Å². The van der Waals surface area contributed by atoms with Crippen molar-refractivity contribution in [3.8, 4) is 0 Å². The van der Waals surface area contributed by atoms with Gasteiger partial charge in [-0.2, -0.15) is 0 Å². The van der Waals surface area contributed by atoms with Crippen LogP contribution in [0.2, 0.25) is 5.02 Å². The highest BCUT2D eigenvalue weighted by molar-refractivity contribution is 6.31. The average Bonchev–Trinajstić information content (AvgIpc) is 2.29. The molecule has 1 unspecified atom stereocenters. The van der Waals surface area contributed by atoms with Crippen molar-refractivity contribution in [1.29, 1.82) is 0 Å². The lowest BCUT2D eigenvalue weighted by molar-refractivity contribution is 0.875. The van der Waals surface area contributed by atoms with Crippen LogP contribution in [0.4, 0.5) is 11.6 Å². The molecule has 0 saturated carbocycles. The molecule has 0 radical (unpaired) electrons. The minimum Gasteiger partial charge on any atom is -0.384 e. The van der Waals surface area contributed by atoms with Crippen molar-refractivity contribution in [3.63, 3.8) is 0 Å². The quantitative estimate of drug-likeness (QED) is 0.873. The maximum atomic E-state index is 6.13. The maximum Gasteiger partial charge on any atom is 0.128 e. The molecule has 2 rings (SSSR count). The van der Waals surface area contributed by atoms with Crippen LogP contribution in [-0.2, 0) is 0 Å². The third-order valence-electron chi connectivity index (χ3n) is 2.51. The van der Waals surface area contributed by atoms with E-state index in [1.807, 2.05) is 43.3 Å². The molecule has 0 aliphatic carbocycles. The molecule has 0 bridgehead atoms. The Morgan fingerprint density at radius 3 is 2.65 bits per heavy atom. The van der Waals surface area contributed by atoms with Crippen LogP contribution < -0.4 is 11.1 Å². The number of nitrogens with two attached hydrogens (primary N) is 1. The van der Waals surface area contributed by atoms with E-state index in [4.69, 9.17) is 17.3 Å². The van der Waals surface area contributed by atoms with Gasteiger partial charge in [0, 0.05) is 5.02 Å². The number of nitrogen functional groups attached to an aromatic ring is 1. The van der Waals surface area contributed by atoms with Gasteiger partial charge in [-0.15, -0.1) is 0 Å². The Balaban J connectivity index is 2.17.